The molecule has 1 atom stereocenters. The lowest BCUT2D eigenvalue weighted by Crippen LogP contribution is -2.29. The fourth-order valence-corrected chi connectivity index (χ4v) is 2.50. The fraction of sp³-hybridized carbons (Fsp3) is 0.231. The van der Waals surface area contributed by atoms with Crippen molar-refractivity contribution < 1.29 is 19.1 Å². The number of hydrogen-bond donors (Lipinski definition) is 3. The number of carboxylic acids is 1. The molecule has 6 nitrogen and oxygen atoms in total. The van der Waals surface area contributed by atoms with Gasteiger partial charge in [0.15, 0.2) is 5.76 Å². The molecule has 0 aromatic carbocycles. The molecule has 0 aliphatic heterocycles. The van der Waals surface area contributed by atoms with E-state index in [0.717, 1.165) is 4.88 Å². The molecule has 0 fully saturated rings. The predicted molar refractivity (Wildman–Crippen MR) is 73.4 cm³/mol. The molecular weight excluding hydrogens is 280 g/mol. The van der Waals surface area contributed by atoms with E-state index in [0.29, 0.717) is 5.76 Å². The van der Waals surface area contributed by atoms with Crippen molar-refractivity contribution in [2.45, 2.75) is 19.0 Å². The molecule has 0 bridgehead atoms. The van der Waals surface area contributed by atoms with E-state index in [2.05, 4.69) is 5.32 Å². The van der Waals surface area contributed by atoms with E-state index in [9.17, 15) is 9.59 Å². The van der Waals surface area contributed by atoms with Crippen molar-refractivity contribution in [3.05, 3.63) is 46.0 Å². The van der Waals surface area contributed by atoms with Crippen LogP contribution in [0.1, 0.15) is 33.7 Å². The number of carboxylic acid groups (broad SMARTS) is 1. The van der Waals surface area contributed by atoms with E-state index in [1.54, 1.807) is 18.2 Å². The van der Waals surface area contributed by atoms with E-state index in [1.165, 1.54) is 17.4 Å². The number of carbonyl (C=O) groups excluding carboxylic acids is 1. The van der Waals surface area contributed by atoms with Gasteiger partial charge in [0, 0.05) is 4.88 Å². The van der Waals surface area contributed by atoms with Crippen LogP contribution in [0.15, 0.2) is 34.1 Å². The Labute approximate surface area is 119 Å². The van der Waals surface area contributed by atoms with Crippen molar-refractivity contribution >= 4 is 23.2 Å². The predicted octanol–water partition coefficient (Wildman–Crippen LogP) is 1.75. The molecule has 2 rings (SSSR count). The van der Waals surface area contributed by atoms with Crippen LogP contribution in [0.3, 0.4) is 0 Å². The quantitative estimate of drug-likeness (QED) is 0.752. The van der Waals surface area contributed by atoms with Gasteiger partial charge >= 0.3 is 5.97 Å². The Kier molecular flexibility index (Phi) is 4.54. The first-order chi connectivity index (χ1) is 9.60. The minimum Gasteiger partial charge on any atom is -0.481 e. The summed E-state index contributed by atoms with van der Waals surface area (Å²) in [4.78, 5) is 23.7. The molecule has 106 valence electrons. The maximum Gasteiger partial charge on any atom is 0.305 e. The minimum absolute atomic E-state index is 0.123. The number of thiophene rings is 1. The van der Waals surface area contributed by atoms with Crippen LogP contribution in [0.4, 0.5) is 0 Å². The topological polar surface area (TPSA) is 106 Å². The Morgan fingerprint density at radius 3 is 2.75 bits per heavy atom. The van der Waals surface area contributed by atoms with Crippen LogP contribution in [-0.2, 0) is 11.3 Å². The lowest BCUT2D eigenvalue weighted by atomic mass is 10.1. The second-order valence-corrected chi connectivity index (χ2v) is 5.09. The number of aliphatic carboxylic acids is 1. The van der Waals surface area contributed by atoms with Gasteiger partial charge in [-0.2, -0.15) is 0 Å². The monoisotopic (exact) mass is 294 g/mol. The van der Waals surface area contributed by atoms with Gasteiger partial charge in [0.2, 0.25) is 0 Å². The van der Waals surface area contributed by atoms with Crippen LogP contribution in [0, 0.1) is 0 Å². The van der Waals surface area contributed by atoms with Crippen LogP contribution in [0.25, 0.3) is 0 Å². The zero-order valence-electron chi connectivity index (χ0n) is 10.5. The molecular formula is C13H14N2O4S. The van der Waals surface area contributed by atoms with Gasteiger partial charge in [0.1, 0.15) is 5.76 Å². The smallest absolute Gasteiger partial charge is 0.305 e. The first-order valence-corrected chi connectivity index (χ1v) is 6.83. The molecule has 2 heterocycles. The Bertz CT molecular complexity index is 591. The normalized spacial score (nSPS) is 12.1. The summed E-state index contributed by atoms with van der Waals surface area (Å²) < 4.78 is 5.24. The highest BCUT2D eigenvalue weighted by atomic mass is 32.1. The second kappa shape index (κ2) is 6.36. The third-order valence-corrected chi connectivity index (χ3v) is 3.64. The maximum absolute atomic E-state index is 12.0. The Hall–Kier alpha value is -2.12. The third-order valence-electron chi connectivity index (χ3n) is 2.66. The van der Waals surface area contributed by atoms with Gasteiger partial charge in [0.05, 0.1) is 19.0 Å². The van der Waals surface area contributed by atoms with Gasteiger partial charge in [0.25, 0.3) is 5.91 Å². The van der Waals surface area contributed by atoms with Gasteiger partial charge in [-0.25, -0.2) is 0 Å². The fourth-order valence-electron chi connectivity index (χ4n) is 1.73. The molecule has 7 heteroatoms. The molecule has 20 heavy (non-hydrogen) atoms. The van der Waals surface area contributed by atoms with Crippen LogP contribution in [-0.4, -0.2) is 17.0 Å². The van der Waals surface area contributed by atoms with Crippen molar-refractivity contribution in [3.8, 4) is 0 Å². The van der Waals surface area contributed by atoms with Crippen molar-refractivity contribution in [2.75, 3.05) is 0 Å². The molecule has 2 aromatic heterocycles. The lowest BCUT2D eigenvalue weighted by molar-refractivity contribution is -0.137. The van der Waals surface area contributed by atoms with Gasteiger partial charge < -0.3 is 20.6 Å². The van der Waals surface area contributed by atoms with Crippen molar-refractivity contribution in [1.82, 2.24) is 5.32 Å². The molecule has 0 saturated carbocycles. The Morgan fingerprint density at radius 1 is 1.40 bits per heavy atom. The van der Waals surface area contributed by atoms with Gasteiger partial charge in [-0.3, -0.25) is 9.59 Å². The molecule has 0 aliphatic rings. The summed E-state index contributed by atoms with van der Waals surface area (Å²) >= 11 is 1.39. The lowest BCUT2D eigenvalue weighted by Gasteiger charge is -2.14. The number of carbonyl (C=O) groups is 2. The Balaban J connectivity index is 2.11. The summed E-state index contributed by atoms with van der Waals surface area (Å²) in [5.41, 5.74) is 5.41. The number of rotatable bonds is 6. The highest BCUT2D eigenvalue weighted by Crippen LogP contribution is 2.22. The molecule has 1 amide bonds. The first kappa shape index (κ1) is 14.3. The summed E-state index contributed by atoms with van der Waals surface area (Å²) in [5.74, 6) is -0.811. The van der Waals surface area contributed by atoms with E-state index in [1.807, 2.05) is 5.38 Å². The van der Waals surface area contributed by atoms with Crippen LogP contribution in [0.2, 0.25) is 0 Å². The molecule has 0 radical (unpaired) electrons. The summed E-state index contributed by atoms with van der Waals surface area (Å²) in [6, 6.07) is 6.15. The first-order valence-electron chi connectivity index (χ1n) is 5.95. The highest BCUT2D eigenvalue weighted by Gasteiger charge is 2.21. The largest absolute Gasteiger partial charge is 0.481 e. The molecule has 0 spiro atoms. The average Bonchev–Trinajstić information content (AvgIpc) is 3.08. The number of furan rings is 1. The molecule has 4 N–H and O–H groups in total. The maximum atomic E-state index is 12.0. The van der Waals surface area contributed by atoms with Gasteiger partial charge in [-0.15, -0.1) is 11.3 Å². The highest BCUT2D eigenvalue weighted by molar-refractivity contribution is 7.10. The standard InChI is InChI=1S/C13H14N2O4S/c14-7-8-3-4-10(19-8)13(18)15-9(6-12(16)17)11-2-1-5-20-11/h1-5,9H,6-7,14H2,(H,15,18)(H,16,17). The summed E-state index contributed by atoms with van der Waals surface area (Å²) in [5, 5.41) is 13.4. The van der Waals surface area contributed by atoms with Crippen molar-refractivity contribution in [2.24, 2.45) is 5.73 Å². The SMILES string of the molecule is NCc1ccc(C(=O)NC(CC(=O)O)c2cccs2)o1. The van der Waals surface area contributed by atoms with Crippen LogP contribution >= 0.6 is 11.3 Å². The van der Waals surface area contributed by atoms with E-state index < -0.39 is 17.9 Å². The molecule has 2 aromatic rings. The summed E-state index contributed by atoms with van der Waals surface area (Å²) in [6.45, 7) is 0.205. The molecule has 0 aliphatic carbocycles. The average molecular weight is 294 g/mol. The van der Waals surface area contributed by atoms with Crippen molar-refractivity contribution in [3.63, 3.8) is 0 Å². The van der Waals surface area contributed by atoms with Gasteiger partial charge in [-0.05, 0) is 23.6 Å². The van der Waals surface area contributed by atoms with E-state index in [-0.39, 0.29) is 18.7 Å². The second-order valence-electron chi connectivity index (χ2n) is 4.11. The summed E-state index contributed by atoms with van der Waals surface area (Å²) in [6.07, 6.45) is -0.184. The minimum atomic E-state index is -0.981. The number of nitrogens with one attached hydrogen (secondary N) is 1. The van der Waals surface area contributed by atoms with E-state index in [4.69, 9.17) is 15.3 Å². The number of nitrogens with two attached hydrogens (primary N) is 1. The van der Waals surface area contributed by atoms with Crippen LogP contribution in [0.5, 0.6) is 0 Å². The Morgan fingerprint density at radius 2 is 2.20 bits per heavy atom. The summed E-state index contributed by atoms with van der Waals surface area (Å²) in [7, 11) is 0. The third kappa shape index (κ3) is 3.46. The van der Waals surface area contributed by atoms with Crippen LogP contribution < -0.4 is 11.1 Å². The number of amides is 1. The van der Waals surface area contributed by atoms with E-state index >= 15 is 0 Å². The number of hydrogen-bond acceptors (Lipinski definition) is 5. The van der Waals surface area contributed by atoms with Gasteiger partial charge in [-0.1, -0.05) is 6.07 Å². The molecule has 1 unspecified atom stereocenters. The zero-order chi connectivity index (χ0) is 14.5. The zero-order valence-corrected chi connectivity index (χ0v) is 11.4. The van der Waals surface area contributed by atoms with Crippen molar-refractivity contribution in [1.29, 1.82) is 0 Å². The molecule has 0 saturated heterocycles.